The zero-order chi connectivity index (χ0) is 23.5. The molecule has 3 aromatic rings. The summed E-state index contributed by atoms with van der Waals surface area (Å²) >= 11 is 0. The number of carboxylic acids is 1. The van der Waals surface area contributed by atoms with Gasteiger partial charge in [-0.05, 0) is 45.0 Å². The van der Waals surface area contributed by atoms with Crippen molar-refractivity contribution in [3.63, 3.8) is 0 Å². The number of primary amides is 1. The van der Waals surface area contributed by atoms with Gasteiger partial charge in [-0.15, -0.1) is 0 Å². The highest BCUT2D eigenvalue weighted by atomic mass is 16.5. The van der Waals surface area contributed by atoms with E-state index in [2.05, 4.69) is 20.6 Å². The summed E-state index contributed by atoms with van der Waals surface area (Å²) in [4.78, 5) is 42.6. The lowest BCUT2D eigenvalue weighted by atomic mass is 10.1. The van der Waals surface area contributed by atoms with E-state index in [0.717, 1.165) is 5.56 Å². The number of aromatic nitrogens is 2. The molecule has 10 nitrogen and oxygen atoms in total. The summed E-state index contributed by atoms with van der Waals surface area (Å²) in [6.45, 7) is 4.78. The Morgan fingerprint density at radius 3 is 2.41 bits per heavy atom. The largest absolute Gasteiger partial charge is 0.478 e. The lowest BCUT2D eigenvalue weighted by molar-refractivity contribution is -0.152. The lowest BCUT2D eigenvalue weighted by Gasteiger charge is -2.21. The fourth-order valence-corrected chi connectivity index (χ4v) is 2.73. The number of rotatable bonds is 7. The molecule has 1 aromatic heterocycles. The molecule has 0 saturated heterocycles. The Kier molecular flexibility index (Phi) is 6.15. The molecule has 6 N–H and O–H groups in total. The SMILES string of the molecule is Cc1ccc(NC(=O)Nc2nc(-c3cccc(OC(C)(C)C(=O)O)c3)[nH]c2C(N)=O)cc1. The minimum atomic E-state index is -1.44. The fraction of sp³-hybridized carbons (Fsp3) is 0.182. The summed E-state index contributed by atoms with van der Waals surface area (Å²) in [5.41, 5.74) is 6.00. The van der Waals surface area contributed by atoms with Crippen LogP contribution in [0, 0.1) is 6.92 Å². The number of aliphatic carboxylic acids is 1. The summed E-state index contributed by atoms with van der Waals surface area (Å²) in [7, 11) is 0. The van der Waals surface area contributed by atoms with Crippen LogP contribution in [0.3, 0.4) is 0 Å². The number of nitrogens with one attached hydrogen (secondary N) is 3. The fourth-order valence-electron chi connectivity index (χ4n) is 2.73. The topological polar surface area (TPSA) is 159 Å². The van der Waals surface area contributed by atoms with Crippen LogP contribution in [0.25, 0.3) is 11.4 Å². The predicted octanol–water partition coefficient (Wildman–Crippen LogP) is 3.37. The molecule has 2 aromatic carbocycles. The molecule has 0 fully saturated rings. The van der Waals surface area contributed by atoms with Gasteiger partial charge in [-0.2, -0.15) is 0 Å². The number of anilines is 2. The van der Waals surface area contributed by atoms with E-state index in [1.807, 2.05) is 19.1 Å². The highest BCUT2D eigenvalue weighted by Crippen LogP contribution is 2.27. The highest BCUT2D eigenvalue weighted by molar-refractivity contribution is 6.04. The van der Waals surface area contributed by atoms with E-state index >= 15 is 0 Å². The van der Waals surface area contributed by atoms with Gasteiger partial charge in [0.2, 0.25) is 0 Å². The summed E-state index contributed by atoms with van der Waals surface area (Å²) in [5, 5.41) is 14.4. The number of hydrogen-bond donors (Lipinski definition) is 5. The molecule has 1 heterocycles. The number of hydrogen-bond acceptors (Lipinski definition) is 5. The van der Waals surface area contributed by atoms with Crippen molar-refractivity contribution in [2.75, 3.05) is 10.6 Å². The monoisotopic (exact) mass is 437 g/mol. The molecule has 0 bridgehead atoms. The minimum Gasteiger partial charge on any atom is -0.478 e. The molecule has 0 aliphatic rings. The van der Waals surface area contributed by atoms with Gasteiger partial charge < -0.3 is 25.9 Å². The number of nitrogens with zero attached hydrogens (tertiary/aromatic N) is 1. The first kappa shape index (κ1) is 22.3. The molecule has 32 heavy (non-hydrogen) atoms. The standard InChI is InChI=1S/C22H23N5O5/c1-12-7-9-14(10-8-12)24-21(31)27-19-16(17(23)28)25-18(26-19)13-5-4-6-15(11-13)32-22(2,3)20(29)30/h4-11H,1-3H3,(H2,23,28)(H,25,26)(H,29,30)(H2,24,27,31). The molecule has 0 atom stereocenters. The number of carbonyl (C=O) groups is 3. The number of ether oxygens (including phenoxy) is 1. The molecule has 10 heteroatoms. The quantitative estimate of drug-likeness (QED) is 0.381. The van der Waals surface area contributed by atoms with E-state index < -0.39 is 23.5 Å². The number of urea groups is 1. The maximum Gasteiger partial charge on any atom is 0.347 e. The van der Waals surface area contributed by atoms with E-state index in [9.17, 15) is 19.5 Å². The van der Waals surface area contributed by atoms with Crippen molar-refractivity contribution in [1.82, 2.24) is 9.97 Å². The van der Waals surface area contributed by atoms with Gasteiger partial charge in [0.15, 0.2) is 11.4 Å². The summed E-state index contributed by atoms with van der Waals surface area (Å²) in [6.07, 6.45) is 0. The van der Waals surface area contributed by atoms with Crippen molar-refractivity contribution in [3.05, 3.63) is 59.8 Å². The third-order valence-electron chi connectivity index (χ3n) is 4.49. The maximum atomic E-state index is 12.4. The molecule has 0 saturated carbocycles. The van der Waals surface area contributed by atoms with Gasteiger partial charge in [-0.3, -0.25) is 10.1 Å². The van der Waals surface area contributed by atoms with Gasteiger partial charge in [0.1, 0.15) is 17.3 Å². The van der Waals surface area contributed by atoms with Crippen LogP contribution in [0.1, 0.15) is 29.9 Å². The van der Waals surface area contributed by atoms with Crippen LogP contribution in [0.4, 0.5) is 16.3 Å². The zero-order valence-corrected chi connectivity index (χ0v) is 17.7. The normalized spacial score (nSPS) is 11.0. The number of carboxylic acid groups (broad SMARTS) is 1. The van der Waals surface area contributed by atoms with Crippen molar-refractivity contribution >= 4 is 29.4 Å². The highest BCUT2D eigenvalue weighted by Gasteiger charge is 2.29. The van der Waals surface area contributed by atoms with E-state index in [4.69, 9.17) is 10.5 Å². The lowest BCUT2D eigenvalue weighted by Crippen LogP contribution is -2.37. The first-order valence-corrected chi connectivity index (χ1v) is 9.62. The van der Waals surface area contributed by atoms with Crippen molar-refractivity contribution in [3.8, 4) is 17.1 Å². The second-order valence-corrected chi connectivity index (χ2v) is 7.56. The van der Waals surface area contributed by atoms with Crippen molar-refractivity contribution < 1.29 is 24.2 Å². The van der Waals surface area contributed by atoms with Crippen LogP contribution in [0.15, 0.2) is 48.5 Å². The number of aryl methyl sites for hydroxylation is 1. The second kappa shape index (κ2) is 8.80. The summed E-state index contributed by atoms with van der Waals surface area (Å²) < 4.78 is 5.54. The summed E-state index contributed by atoms with van der Waals surface area (Å²) in [6, 6.07) is 13.1. The molecule has 0 aliphatic heterocycles. The number of benzene rings is 2. The Morgan fingerprint density at radius 2 is 1.78 bits per heavy atom. The molecule has 0 spiro atoms. The van der Waals surface area contributed by atoms with Crippen LogP contribution < -0.4 is 21.1 Å². The molecular formula is C22H23N5O5. The Hall–Kier alpha value is -4.34. The number of amides is 3. The molecule has 0 radical (unpaired) electrons. The number of imidazole rings is 1. The smallest absolute Gasteiger partial charge is 0.347 e. The number of aromatic amines is 1. The average Bonchev–Trinajstić information content (AvgIpc) is 3.13. The first-order valence-electron chi connectivity index (χ1n) is 9.62. The van der Waals surface area contributed by atoms with Crippen LogP contribution >= 0.6 is 0 Å². The zero-order valence-electron chi connectivity index (χ0n) is 17.7. The van der Waals surface area contributed by atoms with Gasteiger partial charge in [0.05, 0.1) is 0 Å². The minimum absolute atomic E-state index is 0.0469. The third-order valence-corrected chi connectivity index (χ3v) is 4.49. The van der Waals surface area contributed by atoms with Gasteiger partial charge in [-0.25, -0.2) is 14.6 Å². The Balaban J connectivity index is 1.84. The van der Waals surface area contributed by atoms with Crippen molar-refractivity contribution in [2.24, 2.45) is 5.73 Å². The van der Waals surface area contributed by atoms with Crippen LogP contribution in [-0.2, 0) is 4.79 Å². The number of H-pyrrole nitrogens is 1. The van der Waals surface area contributed by atoms with Gasteiger partial charge in [-0.1, -0.05) is 29.8 Å². The van der Waals surface area contributed by atoms with Crippen LogP contribution in [0.2, 0.25) is 0 Å². The predicted molar refractivity (Wildman–Crippen MR) is 119 cm³/mol. The van der Waals surface area contributed by atoms with Gasteiger partial charge >= 0.3 is 12.0 Å². The Labute approximate surface area is 183 Å². The van der Waals surface area contributed by atoms with Crippen LogP contribution in [0.5, 0.6) is 5.75 Å². The average molecular weight is 437 g/mol. The molecule has 166 valence electrons. The van der Waals surface area contributed by atoms with E-state index in [0.29, 0.717) is 17.0 Å². The van der Waals surface area contributed by atoms with Crippen LogP contribution in [-0.4, -0.2) is 38.6 Å². The number of nitrogens with two attached hydrogens (primary N) is 1. The van der Waals surface area contributed by atoms with E-state index in [1.54, 1.807) is 36.4 Å². The van der Waals surface area contributed by atoms with Crippen molar-refractivity contribution in [2.45, 2.75) is 26.4 Å². The summed E-state index contributed by atoms with van der Waals surface area (Å²) in [5.74, 6) is -1.45. The number of carbonyl (C=O) groups excluding carboxylic acids is 2. The first-order chi connectivity index (χ1) is 15.0. The Bertz CT molecular complexity index is 1170. The van der Waals surface area contributed by atoms with Gasteiger partial charge in [0, 0.05) is 11.3 Å². The maximum absolute atomic E-state index is 12.4. The molecule has 0 unspecified atom stereocenters. The second-order valence-electron chi connectivity index (χ2n) is 7.56. The molecular weight excluding hydrogens is 414 g/mol. The van der Waals surface area contributed by atoms with E-state index in [1.165, 1.54) is 13.8 Å². The van der Waals surface area contributed by atoms with Crippen molar-refractivity contribution in [1.29, 1.82) is 0 Å². The third kappa shape index (κ3) is 5.22. The molecule has 0 aliphatic carbocycles. The Morgan fingerprint density at radius 1 is 1.09 bits per heavy atom. The molecule has 3 amide bonds. The molecule has 3 rings (SSSR count). The van der Waals surface area contributed by atoms with E-state index in [-0.39, 0.29) is 17.3 Å². The van der Waals surface area contributed by atoms with Gasteiger partial charge in [0.25, 0.3) is 5.91 Å².